The number of rotatable bonds is 5. The molecule has 2 aromatic carbocycles. The summed E-state index contributed by atoms with van der Waals surface area (Å²) in [4.78, 5) is 12.1. The fraction of sp³-hybridized carbons (Fsp3) is 0.111. The zero-order chi connectivity index (χ0) is 16.9. The van der Waals surface area contributed by atoms with Gasteiger partial charge < -0.3 is 10.1 Å². The molecule has 1 aromatic heterocycles. The van der Waals surface area contributed by atoms with Crippen LogP contribution >= 0.6 is 0 Å². The summed E-state index contributed by atoms with van der Waals surface area (Å²) in [6, 6.07) is 15.6. The van der Waals surface area contributed by atoms with Crippen LogP contribution in [0.2, 0.25) is 0 Å². The minimum Gasteiger partial charge on any atom is -0.435 e. The molecule has 0 atom stereocenters. The molecule has 1 heterocycles. The van der Waals surface area contributed by atoms with Gasteiger partial charge in [-0.05, 0) is 35.7 Å². The Bertz CT molecular complexity index is 851. The molecule has 122 valence electrons. The predicted molar refractivity (Wildman–Crippen MR) is 85.8 cm³/mol. The van der Waals surface area contributed by atoms with Crippen molar-refractivity contribution in [3.8, 4) is 5.75 Å². The van der Waals surface area contributed by atoms with Gasteiger partial charge in [-0.25, -0.2) is 0 Å². The molecule has 0 unspecified atom stereocenters. The number of anilines is 1. The summed E-state index contributed by atoms with van der Waals surface area (Å²) in [5.74, 6) is -0.162. The number of aromatic nitrogens is 1. The first-order chi connectivity index (χ1) is 11.6. The van der Waals surface area contributed by atoms with Gasteiger partial charge in [-0.1, -0.05) is 18.2 Å². The lowest BCUT2D eigenvalue weighted by atomic mass is 10.2. The first kappa shape index (κ1) is 15.9. The number of benzene rings is 2. The Kier molecular flexibility index (Phi) is 4.65. The number of amides is 1. The molecule has 4 nitrogen and oxygen atoms in total. The van der Waals surface area contributed by atoms with Gasteiger partial charge in [-0.3, -0.25) is 4.79 Å². The highest BCUT2D eigenvalue weighted by Gasteiger charge is 2.11. The fourth-order valence-corrected chi connectivity index (χ4v) is 2.36. The number of ether oxygens (including phenoxy) is 1. The van der Waals surface area contributed by atoms with E-state index in [0.29, 0.717) is 5.69 Å². The van der Waals surface area contributed by atoms with Crippen molar-refractivity contribution in [2.75, 3.05) is 5.32 Å². The third-order valence-corrected chi connectivity index (χ3v) is 3.44. The second kappa shape index (κ2) is 7.04. The van der Waals surface area contributed by atoms with Crippen LogP contribution in [0.1, 0.15) is 0 Å². The van der Waals surface area contributed by atoms with Crippen LogP contribution < -0.4 is 14.6 Å². The molecule has 0 aliphatic heterocycles. The maximum absolute atomic E-state index is 12.1. The highest BCUT2D eigenvalue weighted by molar-refractivity contribution is 5.89. The molecular weight excluding hydrogens is 314 g/mol. The summed E-state index contributed by atoms with van der Waals surface area (Å²) in [6.45, 7) is -2.71. The first-order valence-corrected chi connectivity index (χ1v) is 7.33. The Morgan fingerprint density at radius 1 is 1.04 bits per heavy atom. The number of nitrogens with one attached hydrogen (secondary N) is 1. The normalized spacial score (nSPS) is 10.8. The average Bonchev–Trinajstić information content (AvgIpc) is 2.56. The van der Waals surface area contributed by atoms with Crippen molar-refractivity contribution in [2.24, 2.45) is 0 Å². The number of halogens is 2. The molecule has 0 aliphatic rings. The van der Waals surface area contributed by atoms with Gasteiger partial charge in [0.05, 0.1) is 0 Å². The summed E-state index contributed by atoms with van der Waals surface area (Å²) in [7, 11) is 0. The zero-order valence-corrected chi connectivity index (χ0v) is 12.7. The van der Waals surface area contributed by atoms with E-state index in [2.05, 4.69) is 10.1 Å². The highest BCUT2D eigenvalue weighted by atomic mass is 19.3. The molecule has 3 rings (SSSR count). The van der Waals surface area contributed by atoms with Crippen LogP contribution in [-0.4, -0.2) is 12.5 Å². The van der Waals surface area contributed by atoms with E-state index in [1.54, 1.807) is 4.57 Å². The monoisotopic (exact) mass is 329 g/mol. The third-order valence-electron chi connectivity index (χ3n) is 3.44. The van der Waals surface area contributed by atoms with Crippen molar-refractivity contribution in [3.05, 3.63) is 67.0 Å². The van der Waals surface area contributed by atoms with Gasteiger partial charge in [-0.15, -0.1) is 0 Å². The topological polar surface area (TPSA) is 42.2 Å². The summed E-state index contributed by atoms with van der Waals surface area (Å²) in [6.07, 6.45) is 3.73. The number of carbonyl (C=O) groups is 1. The summed E-state index contributed by atoms with van der Waals surface area (Å²) >= 11 is 0. The molecule has 0 fully saturated rings. The minimum absolute atomic E-state index is 0.0481. The molecule has 3 aromatic rings. The number of hydrogen-bond donors (Lipinski definition) is 1. The Morgan fingerprint density at radius 3 is 2.46 bits per heavy atom. The average molecular weight is 329 g/mol. The van der Waals surface area contributed by atoms with E-state index < -0.39 is 6.61 Å². The molecular formula is C18H15F2N2O2+. The van der Waals surface area contributed by atoms with Crippen molar-refractivity contribution in [1.29, 1.82) is 0 Å². The lowest BCUT2D eigenvalue weighted by Crippen LogP contribution is -2.39. The molecule has 1 N–H and O–H groups in total. The van der Waals surface area contributed by atoms with Crippen molar-refractivity contribution >= 4 is 22.4 Å². The van der Waals surface area contributed by atoms with Gasteiger partial charge in [0, 0.05) is 17.1 Å². The van der Waals surface area contributed by atoms with E-state index in [1.165, 1.54) is 24.3 Å². The van der Waals surface area contributed by atoms with Gasteiger partial charge in [-0.2, -0.15) is 13.3 Å². The van der Waals surface area contributed by atoms with Crippen LogP contribution in [0.15, 0.2) is 67.0 Å². The van der Waals surface area contributed by atoms with E-state index in [0.717, 1.165) is 10.8 Å². The number of hydrogen-bond acceptors (Lipinski definition) is 2. The minimum atomic E-state index is -2.87. The van der Waals surface area contributed by atoms with Crippen molar-refractivity contribution < 1.29 is 22.9 Å². The van der Waals surface area contributed by atoms with E-state index in [1.807, 2.05) is 42.7 Å². The van der Waals surface area contributed by atoms with E-state index in [-0.39, 0.29) is 18.2 Å². The number of nitrogens with zero attached hydrogens (tertiary/aromatic N) is 1. The molecule has 24 heavy (non-hydrogen) atoms. The molecule has 0 bridgehead atoms. The second-order valence-corrected chi connectivity index (χ2v) is 5.20. The molecule has 0 aliphatic carbocycles. The predicted octanol–water partition coefficient (Wildman–Crippen LogP) is 3.37. The maximum atomic E-state index is 12.1. The Balaban J connectivity index is 1.64. The fourth-order valence-electron chi connectivity index (χ4n) is 2.36. The standard InChI is InChI=1S/C18H14F2N2O2/c19-18(20)24-16-7-5-15(6-8-16)21-17(23)12-22-10-9-13-3-1-2-4-14(13)11-22/h1-11,18H,12H2/p+1. The molecule has 6 heteroatoms. The van der Waals surface area contributed by atoms with Crippen LogP contribution in [0.3, 0.4) is 0 Å². The van der Waals surface area contributed by atoms with Crippen LogP contribution in [0, 0.1) is 0 Å². The SMILES string of the molecule is O=C(C[n+]1ccc2ccccc2c1)Nc1ccc(OC(F)F)cc1. The van der Waals surface area contributed by atoms with Crippen LogP contribution in [0.25, 0.3) is 10.8 Å². The summed E-state index contributed by atoms with van der Waals surface area (Å²) in [5, 5.41) is 4.86. The highest BCUT2D eigenvalue weighted by Crippen LogP contribution is 2.17. The first-order valence-electron chi connectivity index (χ1n) is 7.33. The van der Waals surface area contributed by atoms with Crippen molar-refractivity contribution in [1.82, 2.24) is 0 Å². The lowest BCUT2D eigenvalue weighted by molar-refractivity contribution is -0.682. The van der Waals surface area contributed by atoms with Gasteiger partial charge in [0.2, 0.25) is 6.54 Å². The van der Waals surface area contributed by atoms with Crippen LogP contribution in [0.4, 0.5) is 14.5 Å². The van der Waals surface area contributed by atoms with E-state index in [4.69, 9.17) is 0 Å². The van der Waals surface area contributed by atoms with Crippen LogP contribution in [0.5, 0.6) is 5.75 Å². The summed E-state index contributed by atoms with van der Waals surface area (Å²) in [5.41, 5.74) is 0.517. The summed E-state index contributed by atoms with van der Waals surface area (Å²) < 4.78 is 30.2. The Hall–Kier alpha value is -3.02. The third kappa shape index (κ3) is 4.04. The van der Waals surface area contributed by atoms with Gasteiger partial charge in [0.25, 0.3) is 5.91 Å². The number of pyridine rings is 1. The number of alkyl halides is 2. The van der Waals surface area contributed by atoms with Gasteiger partial charge >= 0.3 is 6.61 Å². The van der Waals surface area contributed by atoms with E-state index >= 15 is 0 Å². The largest absolute Gasteiger partial charge is 0.435 e. The maximum Gasteiger partial charge on any atom is 0.387 e. The second-order valence-electron chi connectivity index (χ2n) is 5.20. The lowest BCUT2D eigenvalue weighted by Gasteiger charge is -2.06. The number of carbonyl (C=O) groups excluding carboxylic acids is 1. The Morgan fingerprint density at radius 2 is 1.75 bits per heavy atom. The van der Waals surface area contributed by atoms with Crippen LogP contribution in [-0.2, 0) is 11.3 Å². The Labute approximate surface area is 137 Å². The van der Waals surface area contributed by atoms with Gasteiger partial charge in [0.15, 0.2) is 12.4 Å². The molecule has 0 saturated carbocycles. The van der Waals surface area contributed by atoms with Gasteiger partial charge in [0.1, 0.15) is 5.75 Å². The smallest absolute Gasteiger partial charge is 0.387 e. The van der Waals surface area contributed by atoms with Crippen molar-refractivity contribution in [3.63, 3.8) is 0 Å². The molecule has 0 saturated heterocycles. The molecule has 0 radical (unpaired) electrons. The quantitative estimate of drug-likeness (QED) is 0.729. The molecule has 0 spiro atoms. The molecule has 1 amide bonds. The number of fused-ring (bicyclic) bond motifs is 1. The van der Waals surface area contributed by atoms with E-state index in [9.17, 15) is 13.6 Å². The van der Waals surface area contributed by atoms with Crippen molar-refractivity contribution in [2.45, 2.75) is 13.2 Å². The zero-order valence-electron chi connectivity index (χ0n) is 12.7.